The molecule has 0 aromatic carbocycles. The minimum absolute atomic E-state index is 0.617. The molecule has 0 saturated heterocycles. The molecule has 0 aliphatic rings. The van der Waals surface area contributed by atoms with Gasteiger partial charge in [-0.1, -0.05) is 130 Å². The van der Waals surface area contributed by atoms with Crippen molar-refractivity contribution in [3.05, 3.63) is 18.2 Å². The lowest BCUT2D eigenvalue weighted by Crippen LogP contribution is -2.41. The van der Waals surface area contributed by atoms with E-state index in [1.54, 1.807) is 0 Å². The fourth-order valence-corrected chi connectivity index (χ4v) is 5.09. The second-order valence-electron chi connectivity index (χ2n) is 10.1. The fraction of sp³-hybridized carbons (Fsp3) is 0.897. The first kappa shape index (κ1) is 28.2. The van der Waals surface area contributed by atoms with Gasteiger partial charge in [0.15, 0.2) is 0 Å². The first-order valence-electron chi connectivity index (χ1n) is 14.3. The molecule has 0 fully saturated rings. The summed E-state index contributed by atoms with van der Waals surface area (Å²) in [7, 11) is 0. The first-order valence-corrected chi connectivity index (χ1v) is 14.3. The topological polar surface area (TPSA) is 19.7 Å². The zero-order valence-corrected chi connectivity index (χ0v) is 21.9. The average Bonchev–Trinajstić information content (AvgIpc) is 3.26. The van der Waals surface area contributed by atoms with Gasteiger partial charge in [0, 0.05) is 0 Å². The summed E-state index contributed by atoms with van der Waals surface area (Å²) in [6.07, 6.45) is 32.5. The Hall–Kier alpha value is -0.790. The van der Waals surface area contributed by atoms with Gasteiger partial charge in [-0.2, -0.15) is 0 Å². The Bertz CT molecular complexity index is 493. The number of aromatic nitrogens is 2. The zero-order valence-electron chi connectivity index (χ0n) is 21.9. The summed E-state index contributed by atoms with van der Waals surface area (Å²) in [4.78, 5) is 3.64. The van der Waals surface area contributed by atoms with Crippen molar-refractivity contribution in [2.45, 2.75) is 168 Å². The lowest BCUT2D eigenvalue weighted by atomic mass is 9.93. The second-order valence-corrected chi connectivity index (χ2v) is 10.1. The molecule has 1 heterocycles. The molecule has 2 heteroatoms. The molecule has 0 aliphatic heterocycles. The van der Waals surface area contributed by atoms with Gasteiger partial charge >= 0.3 is 0 Å². The Balaban J connectivity index is 2.30. The van der Waals surface area contributed by atoms with E-state index in [0.29, 0.717) is 12.0 Å². The van der Waals surface area contributed by atoms with Crippen LogP contribution in [-0.4, -0.2) is 4.98 Å². The van der Waals surface area contributed by atoms with E-state index in [4.69, 9.17) is 0 Å². The molecule has 0 spiro atoms. The highest BCUT2D eigenvalue weighted by Gasteiger charge is 2.25. The predicted octanol–water partition coefficient (Wildman–Crippen LogP) is 9.81. The Labute approximate surface area is 196 Å². The summed E-state index contributed by atoms with van der Waals surface area (Å²) < 4.78 is 2.55. The quantitative estimate of drug-likeness (QED) is 0.139. The maximum Gasteiger partial charge on any atom is 0.257 e. The lowest BCUT2D eigenvalue weighted by molar-refractivity contribution is -0.727. The highest BCUT2D eigenvalue weighted by Crippen LogP contribution is 2.27. The van der Waals surface area contributed by atoms with E-state index in [2.05, 4.69) is 49.6 Å². The maximum absolute atomic E-state index is 3.64. The minimum Gasteiger partial charge on any atom is -0.247 e. The molecular formula is C29H57N2+. The van der Waals surface area contributed by atoms with Crippen LogP contribution in [0, 0.1) is 0 Å². The van der Waals surface area contributed by atoms with E-state index in [9.17, 15) is 0 Å². The Kier molecular flexibility index (Phi) is 18.1. The van der Waals surface area contributed by atoms with E-state index in [0.717, 1.165) is 0 Å². The van der Waals surface area contributed by atoms with Crippen LogP contribution in [-0.2, 0) is 0 Å². The van der Waals surface area contributed by atoms with Crippen LogP contribution < -0.4 is 4.57 Å². The molecule has 1 N–H and O–H groups in total. The third-order valence-electron chi connectivity index (χ3n) is 7.12. The van der Waals surface area contributed by atoms with Gasteiger partial charge in [-0.3, -0.25) is 0 Å². The second kappa shape index (κ2) is 19.9. The van der Waals surface area contributed by atoms with E-state index in [-0.39, 0.29) is 0 Å². The SMILES string of the molecule is CCCCCCCCCCCCCCC(CCCCCC)c1[nH]cc[n+]1C(C)CCC. The van der Waals surface area contributed by atoms with E-state index < -0.39 is 0 Å². The van der Waals surface area contributed by atoms with Crippen LogP contribution >= 0.6 is 0 Å². The van der Waals surface area contributed by atoms with Gasteiger partial charge in [-0.25, -0.2) is 9.55 Å². The maximum atomic E-state index is 3.64. The van der Waals surface area contributed by atoms with E-state index in [1.807, 2.05) is 0 Å². The average molecular weight is 434 g/mol. The Morgan fingerprint density at radius 1 is 0.613 bits per heavy atom. The standard InChI is InChI=1S/C29H56N2/c1-5-8-10-12-13-14-15-16-17-18-19-21-24-28(23-20-11-9-6-2)29-30-25-26-31(29)27(4)22-7-3/h25-28H,5-24H2,1-4H3/p+1. The van der Waals surface area contributed by atoms with Crippen molar-refractivity contribution < 1.29 is 4.57 Å². The van der Waals surface area contributed by atoms with Crippen LogP contribution in [0.3, 0.4) is 0 Å². The van der Waals surface area contributed by atoms with Crippen LogP contribution in [0.2, 0.25) is 0 Å². The van der Waals surface area contributed by atoms with Gasteiger partial charge in [0.05, 0.1) is 12.0 Å². The molecule has 0 radical (unpaired) electrons. The van der Waals surface area contributed by atoms with Crippen LogP contribution in [0.25, 0.3) is 0 Å². The Morgan fingerprint density at radius 3 is 1.55 bits per heavy atom. The van der Waals surface area contributed by atoms with Gasteiger partial charge in [0.25, 0.3) is 5.82 Å². The monoisotopic (exact) mass is 433 g/mol. The van der Waals surface area contributed by atoms with Crippen molar-refractivity contribution in [2.75, 3.05) is 0 Å². The molecule has 182 valence electrons. The van der Waals surface area contributed by atoms with Gasteiger partial charge in [-0.15, -0.1) is 0 Å². The first-order chi connectivity index (χ1) is 15.2. The summed E-state index contributed by atoms with van der Waals surface area (Å²) >= 11 is 0. The van der Waals surface area contributed by atoms with Gasteiger partial charge in [0.2, 0.25) is 0 Å². The van der Waals surface area contributed by atoms with Crippen LogP contribution in [0.4, 0.5) is 0 Å². The molecule has 0 bridgehead atoms. The number of nitrogens with one attached hydrogen (secondary N) is 1. The Morgan fingerprint density at radius 2 is 1.06 bits per heavy atom. The summed E-state index contributed by atoms with van der Waals surface area (Å²) in [5.74, 6) is 2.22. The summed E-state index contributed by atoms with van der Waals surface area (Å²) in [6, 6.07) is 0.617. The number of hydrogen-bond donors (Lipinski definition) is 1. The largest absolute Gasteiger partial charge is 0.257 e. The number of hydrogen-bond acceptors (Lipinski definition) is 0. The number of aromatic amines is 1. The molecule has 0 saturated carbocycles. The van der Waals surface area contributed by atoms with Gasteiger partial charge in [0.1, 0.15) is 12.4 Å². The smallest absolute Gasteiger partial charge is 0.247 e. The van der Waals surface area contributed by atoms with Crippen molar-refractivity contribution in [3.8, 4) is 0 Å². The van der Waals surface area contributed by atoms with Crippen LogP contribution in [0.1, 0.15) is 174 Å². The number of H-pyrrole nitrogens is 1. The van der Waals surface area contributed by atoms with Crippen molar-refractivity contribution in [1.82, 2.24) is 4.98 Å². The summed E-state index contributed by atoms with van der Waals surface area (Å²) in [5.41, 5.74) is 0. The zero-order chi connectivity index (χ0) is 22.6. The molecule has 1 aromatic heterocycles. The number of nitrogens with zero attached hydrogens (tertiary/aromatic N) is 1. The van der Waals surface area contributed by atoms with Gasteiger partial charge < -0.3 is 0 Å². The molecular weight excluding hydrogens is 376 g/mol. The van der Waals surface area contributed by atoms with Crippen molar-refractivity contribution in [1.29, 1.82) is 0 Å². The van der Waals surface area contributed by atoms with E-state index in [1.165, 1.54) is 134 Å². The van der Waals surface area contributed by atoms with Crippen LogP contribution in [0.5, 0.6) is 0 Å². The van der Waals surface area contributed by atoms with E-state index >= 15 is 0 Å². The highest BCUT2D eigenvalue weighted by atomic mass is 15.1. The minimum atomic E-state index is 0.617. The highest BCUT2D eigenvalue weighted by molar-refractivity contribution is 4.90. The summed E-state index contributed by atoms with van der Waals surface area (Å²) in [5, 5.41) is 0. The van der Waals surface area contributed by atoms with Crippen molar-refractivity contribution >= 4 is 0 Å². The molecule has 2 nitrogen and oxygen atoms in total. The lowest BCUT2D eigenvalue weighted by Gasteiger charge is -2.17. The number of imidazole rings is 1. The molecule has 0 amide bonds. The fourth-order valence-electron chi connectivity index (χ4n) is 5.09. The predicted molar refractivity (Wildman–Crippen MR) is 138 cm³/mol. The number of unbranched alkanes of at least 4 members (excludes halogenated alkanes) is 14. The molecule has 31 heavy (non-hydrogen) atoms. The third kappa shape index (κ3) is 13.4. The molecule has 0 aliphatic carbocycles. The van der Waals surface area contributed by atoms with Crippen molar-refractivity contribution in [3.63, 3.8) is 0 Å². The number of rotatable bonds is 22. The summed E-state index contributed by atoms with van der Waals surface area (Å²) in [6.45, 7) is 9.31. The molecule has 2 atom stereocenters. The molecule has 1 aromatic rings. The van der Waals surface area contributed by atoms with Gasteiger partial charge in [-0.05, 0) is 26.2 Å². The third-order valence-corrected chi connectivity index (χ3v) is 7.12. The molecule has 2 unspecified atom stereocenters. The van der Waals surface area contributed by atoms with Crippen molar-refractivity contribution in [2.24, 2.45) is 0 Å². The molecule has 1 rings (SSSR count). The van der Waals surface area contributed by atoms with Crippen LogP contribution in [0.15, 0.2) is 12.4 Å². The normalized spacial score (nSPS) is 13.5.